The first-order valence-corrected chi connectivity index (χ1v) is 9.23. The van der Waals surface area contributed by atoms with Gasteiger partial charge in [-0.2, -0.15) is 0 Å². The fraction of sp³-hybridized carbons (Fsp3) is 0.444. The van der Waals surface area contributed by atoms with Gasteiger partial charge in [0.2, 0.25) is 5.91 Å². The molecule has 0 radical (unpaired) electrons. The number of benzene rings is 1. The highest BCUT2D eigenvalue weighted by molar-refractivity contribution is 7.07. The predicted molar refractivity (Wildman–Crippen MR) is 97.7 cm³/mol. The molecule has 1 aromatic heterocycles. The van der Waals surface area contributed by atoms with Crippen molar-refractivity contribution in [2.75, 3.05) is 24.5 Å². The molecule has 1 N–H and O–H groups in total. The molecule has 1 aliphatic rings. The minimum atomic E-state index is 0.00889. The molecule has 6 heteroatoms. The van der Waals surface area contributed by atoms with Crippen LogP contribution in [0.3, 0.4) is 0 Å². The van der Waals surface area contributed by atoms with Crippen molar-refractivity contribution in [1.82, 2.24) is 9.88 Å². The van der Waals surface area contributed by atoms with Crippen LogP contribution in [0.2, 0.25) is 0 Å². The number of amides is 1. The average Bonchev–Trinajstić information content (AvgIpc) is 3.19. The summed E-state index contributed by atoms with van der Waals surface area (Å²) in [6.45, 7) is 5.08. The Hall–Kier alpha value is -2.08. The van der Waals surface area contributed by atoms with Gasteiger partial charge in [0.15, 0.2) is 0 Å². The van der Waals surface area contributed by atoms with Crippen molar-refractivity contribution < 1.29 is 4.79 Å². The Kier molecular flexibility index (Phi) is 5.35. The SMILES string of the molecule is Cc1csc(=O)n1CCC(=O)NC[C@@H]1CCN(c2ccccc2)C1. The smallest absolute Gasteiger partial charge is 0.307 e. The maximum atomic E-state index is 12.0. The van der Waals surface area contributed by atoms with Crippen molar-refractivity contribution in [2.45, 2.75) is 26.3 Å². The minimum absolute atomic E-state index is 0.00889. The molecule has 1 aliphatic heterocycles. The van der Waals surface area contributed by atoms with Crippen LogP contribution in [0.4, 0.5) is 5.69 Å². The molecule has 1 aromatic carbocycles. The van der Waals surface area contributed by atoms with E-state index in [0.717, 1.165) is 25.2 Å². The molecule has 0 spiro atoms. The number of hydrogen-bond acceptors (Lipinski definition) is 4. The number of carbonyl (C=O) groups excluding carboxylic acids is 1. The predicted octanol–water partition coefficient (Wildman–Crippen LogP) is 2.25. The fourth-order valence-electron chi connectivity index (χ4n) is 3.11. The Labute approximate surface area is 145 Å². The Morgan fingerprint density at radius 3 is 2.83 bits per heavy atom. The Bertz CT molecular complexity index is 738. The summed E-state index contributed by atoms with van der Waals surface area (Å²) in [5.41, 5.74) is 2.17. The van der Waals surface area contributed by atoms with Gasteiger partial charge in [-0.05, 0) is 31.4 Å². The van der Waals surface area contributed by atoms with Crippen molar-refractivity contribution in [1.29, 1.82) is 0 Å². The zero-order valence-electron chi connectivity index (χ0n) is 13.9. The van der Waals surface area contributed by atoms with E-state index in [9.17, 15) is 9.59 Å². The second-order valence-electron chi connectivity index (χ2n) is 6.28. The zero-order chi connectivity index (χ0) is 16.9. The van der Waals surface area contributed by atoms with E-state index in [-0.39, 0.29) is 10.8 Å². The third-order valence-electron chi connectivity index (χ3n) is 4.53. The molecule has 0 saturated carbocycles. The summed E-state index contributed by atoms with van der Waals surface area (Å²) in [5, 5.41) is 4.85. The highest BCUT2D eigenvalue weighted by atomic mass is 32.1. The summed E-state index contributed by atoms with van der Waals surface area (Å²) in [7, 11) is 0. The van der Waals surface area contributed by atoms with Gasteiger partial charge in [0.05, 0.1) is 0 Å². The highest BCUT2D eigenvalue weighted by Gasteiger charge is 2.22. The van der Waals surface area contributed by atoms with Crippen LogP contribution >= 0.6 is 11.3 Å². The van der Waals surface area contributed by atoms with E-state index in [2.05, 4.69) is 34.5 Å². The van der Waals surface area contributed by atoms with Gasteiger partial charge in [-0.15, -0.1) is 0 Å². The Balaban J connectivity index is 1.42. The van der Waals surface area contributed by atoms with Crippen molar-refractivity contribution in [3.05, 3.63) is 51.1 Å². The van der Waals surface area contributed by atoms with Gasteiger partial charge in [0.25, 0.3) is 0 Å². The molecule has 1 fully saturated rings. The van der Waals surface area contributed by atoms with Crippen LogP contribution in [0.15, 0.2) is 40.5 Å². The fourth-order valence-corrected chi connectivity index (χ4v) is 3.87. The van der Waals surface area contributed by atoms with Gasteiger partial charge in [0.1, 0.15) is 0 Å². The lowest BCUT2D eigenvalue weighted by Crippen LogP contribution is -2.32. The van der Waals surface area contributed by atoms with Gasteiger partial charge in [0, 0.05) is 49.4 Å². The minimum Gasteiger partial charge on any atom is -0.371 e. The average molecular weight is 345 g/mol. The van der Waals surface area contributed by atoms with Crippen molar-refractivity contribution >= 4 is 22.9 Å². The first kappa shape index (κ1) is 16.8. The van der Waals surface area contributed by atoms with Gasteiger partial charge in [-0.1, -0.05) is 29.5 Å². The normalized spacial score (nSPS) is 17.2. The molecule has 0 unspecified atom stereocenters. The van der Waals surface area contributed by atoms with E-state index < -0.39 is 0 Å². The lowest BCUT2D eigenvalue weighted by Gasteiger charge is -2.18. The van der Waals surface area contributed by atoms with Gasteiger partial charge in [-0.3, -0.25) is 9.59 Å². The Morgan fingerprint density at radius 1 is 1.33 bits per heavy atom. The van der Waals surface area contributed by atoms with Crippen LogP contribution in [-0.4, -0.2) is 30.1 Å². The number of para-hydroxylation sites is 1. The number of carbonyl (C=O) groups is 1. The number of thiazole rings is 1. The summed E-state index contributed by atoms with van der Waals surface area (Å²) in [6.07, 6.45) is 1.45. The van der Waals surface area contributed by atoms with Crippen LogP contribution in [0.5, 0.6) is 0 Å². The van der Waals surface area contributed by atoms with Crippen molar-refractivity contribution in [3.8, 4) is 0 Å². The van der Waals surface area contributed by atoms with E-state index in [1.807, 2.05) is 18.4 Å². The molecule has 3 rings (SSSR count). The van der Waals surface area contributed by atoms with Crippen molar-refractivity contribution in [3.63, 3.8) is 0 Å². The lowest BCUT2D eigenvalue weighted by atomic mass is 10.1. The first-order valence-electron chi connectivity index (χ1n) is 8.35. The standard InChI is InChI=1S/C18H23N3O2S/c1-14-13-24-18(23)21(14)10-8-17(22)19-11-15-7-9-20(12-15)16-5-3-2-4-6-16/h2-6,13,15H,7-12H2,1H3,(H,19,22)/t15-/m0/s1. The van der Waals surface area contributed by atoms with E-state index in [1.165, 1.54) is 17.0 Å². The molecule has 5 nitrogen and oxygen atoms in total. The molecular weight excluding hydrogens is 322 g/mol. The third kappa shape index (κ3) is 4.06. The molecule has 1 atom stereocenters. The summed E-state index contributed by atoms with van der Waals surface area (Å²) in [5.74, 6) is 0.505. The number of anilines is 1. The number of aryl methyl sites for hydroxylation is 1. The van der Waals surface area contributed by atoms with Crippen LogP contribution in [0, 0.1) is 12.8 Å². The molecule has 128 valence electrons. The Morgan fingerprint density at radius 2 is 2.12 bits per heavy atom. The lowest BCUT2D eigenvalue weighted by molar-refractivity contribution is -0.121. The van der Waals surface area contributed by atoms with Gasteiger partial charge >= 0.3 is 4.87 Å². The molecule has 24 heavy (non-hydrogen) atoms. The summed E-state index contributed by atoms with van der Waals surface area (Å²) in [6, 6.07) is 10.4. The summed E-state index contributed by atoms with van der Waals surface area (Å²) in [4.78, 5) is 26.0. The van der Waals surface area contributed by atoms with Gasteiger partial charge in [-0.25, -0.2) is 0 Å². The van der Waals surface area contributed by atoms with E-state index in [1.54, 1.807) is 4.57 Å². The number of nitrogens with zero attached hydrogens (tertiary/aromatic N) is 2. The molecule has 0 bridgehead atoms. The molecule has 1 amide bonds. The summed E-state index contributed by atoms with van der Waals surface area (Å²) >= 11 is 1.18. The third-order valence-corrected chi connectivity index (χ3v) is 5.41. The van der Waals surface area contributed by atoms with Crippen LogP contribution in [-0.2, 0) is 11.3 Å². The number of hydrogen-bond donors (Lipinski definition) is 1. The maximum Gasteiger partial charge on any atom is 0.307 e. The number of rotatable bonds is 6. The van der Waals surface area contributed by atoms with E-state index in [4.69, 9.17) is 0 Å². The zero-order valence-corrected chi connectivity index (χ0v) is 14.7. The van der Waals surface area contributed by atoms with Crippen LogP contribution in [0.1, 0.15) is 18.5 Å². The molecule has 2 heterocycles. The molecule has 1 saturated heterocycles. The van der Waals surface area contributed by atoms with E-state index in [0.29, 0.717) is 25.4 Å². The summed E-state index contributed by atoms with van der Waals surface area (Å²) < 4.78 is 1.66. The monoisotopic (exact) mass is 345 g/mol. The van der Waals surface area contributed by atoms with E-state index >= 15 is 0 Å². The highest BCUT2D eigenvalue weighted by Crippen LogP contribution is 2.22. The second kappa shape index (κ2) is 7.66. The molecule has 2 aromatic rings. The quantitative estimate of drug-likeness (QED) is 0.874. The molecular formula is C18H23N3O2S. The maximum absolute atomic E-state index is 12.0. The van der Waals surface area contributed by atoms with Gasteiger partial charge < -0.3 is 14.8 Å². The largest absolute Gasteiger partial charge is 0.371 e. The van der Waals surface area contributed by atoms with Crippen LogP contribution < -0.4 is 15.1 Å². The number of aromatic nitrogens is 1. The molecule has 0 aliphatic carbocycles. The first-order chi connectivity index (χ1) is 11.6. The number of nitrogens with one attached hydrogen (secondary N) is 1. The van der Waals surface area contributed by atoms with Crippen molar-refractivity contribution in [2.24, 2.45) is 5.92 Å². The topological polar surface area (TPSA) is 54.3 Å². The van der Waals surface area contributed by atoms with Crippen LogP contribution in [0.25, 0.3) is 0 Å². The second-order valence-corrected chi connectivity index (χ2v) is 7.11.